The number of hydrogen-bond acceptors (Lipinski definition) is 4. The Morgan fingerprint density at radius 2 is 1.69 bits per heavy atom. The standard InChI is InChI=1S/C28H33ClF4N4O2/c1-19(38)36-9-11-37(12-10-36)26-17-35(18-26)8-7-21(20-3-5-25(30)6-4-20)16-34(2)27(39)22-13-23(28(31,32)33)15-24(29)14-22/h3-6,13-15,21,26H,7-12,16-18H2,1-2H3/t21-/m0/s1. The molecule has 0 bridgehead atoms. The maximum Gasteiger partial charge on any atom is 0.416 e. The van der Waals surface area contributed by atoms with Gasteiger partial charge in [-0.3, -0.25) is 14.5 Å². The number of amides is 2. The number of likely N-dealkylation sites (N-methyl/N-ethyl adjacent to an activating group) is 1. The molecule has 0 unspecified atom stereocenters. The van der Waals surface area contributed by atoms with E-state index in [1.54, 1.807) is 26.1 Å². The fourth-order valence-electron chi connectivity index (χ4n) is 5.31. The van der Waals surface area contributed by atoms with Gasteiger partial charge < -0.3 is 14.7 Å². The maximum absolute atomic E-state index is 13.6. The van der Waals surface area contributed by atoms with E-state index < -0.39 is 17.6 Å². The van der Waals surface area contributed by atoms with Gasteiger partial charge in [-0.15, -0.1) is 0 Å². The number of hydrogen-bond donors (Lipinski definition) is 0. The lowest BCUT2D eigenvalue weighted by Gasteiger charge is -2.48. The number of nitrogens with zero attached hydrogens (tertiary/aromatic N) is 4. The van der Waals surface area contributed by atoms with E-state index in [4.69, 9.17) is 11.6 Å². The molecular formula is C28H33ClF4N4O2. The molecule has 0 saturated carbocycles. The van der Waals surface area contributed by atoms with Crippen LogP contribution < -0.4 is 0 Å². The molecule has 11 heteroatoms. The summed E-state index contributed by atoms with van der Waals surface area (Å²) >= 11 is 5.88. The van der Waals surface area contributed by atoms with E-state index in [2.05, 4.69) is 9.80 Å². The van der Waals surface area contributed by atoms with Crippen molar-refractivity contribution in [1.82, 2.24) is 19.6 Å². The summed E-state index contributed by atoms with van der Waals surface area (Å²) in [5.41, 5.74) is -0.252. The summed E-state index contributed by atoms with van der Waals surface area (Å²) in [6.07, 6.45) is -3.93. The van der Waals surface area contributed by atoms with Gasteiger partial charge in [0.1, 0.15) is 5.82 Å². The number of benzene rings is 2. The molecule has 4 rings (SSSR count). The number of carbonyl (C=O) groups excluding carboxylic acids is 2. The highest BCUT2D eigenvalue weighted by atomic mass is 35.5. The van der Waals surface area contributed by atoms with E-state index in [1.165, 1.54) is 23.1 Å². The van der Waals surface area contributed by atoms with Crippen molar-refractivity contribution in [2.24, 2.45) is 0 Å². The Labute approximate surface area is 231 Å². The Hall–Kier alpha value is -2.69. The summed E-state index contributed by atoms with van der Waals surface area (Å²) in [7, 11) is 1.55. The number of piperazine rings is 1. The van der Waals surface area contributed by atoms with Gasteiger partial charge in [-0.1, -0.05) is 23.7 Å². The van der Waals surface area contributed by atoms with Crippen LogP contribution in [0.15, 0.2) is 42.5 Å². The van der Waals surface area contributed by atoms with Crippen LogP contribution in [0, 0.1) is 5.82 Å². The Morgan fingerprint density at radius 3 is 2.28 bits per heavy atom. The van der Waals surface area contributed by atoms with Crippen LogP contribution in [0.25, 0.3) is 0 Å². The average Bonchev–Trinajstić information content (AvgIpc) is 2.86. The third-order valence-corrected chi connectivity index (χ3v) is 7.88. The number of halogens is 5. The van der Waals surface area contributed by atoms with Crippen molar-refractivity contribution in [2.45, 2.75) is 31.5 Å². The summed E-state index contributed by atoms with van der Waals surface area (Å²) in [6, 6.07) is 9.41. The van der Waals surface area contributed by atoms with Crippen molar-refractivity contribution in [3.8, 4) is 0 Å². The molecule has 0 aromatic heterocycles. The Kier molecular flexibility index (Phi) is 9.18. The highest BCUT2D eigenvalue weighted by molar-refractivity contribution is 6.31. The molecule has 2 aromatic rings. The molecule has 2 heterocycles. The molecule has 2 amide bonds. The molecule has 2 saturated heterocycles. The summed E-state index contributed by atoms with van der Waals surface area (Å²) in [5, 5.41) is -0.160. The lowest BCUT2D eigenvalue weighted by Crippen LogP contribution is -2.63. The van der Waals surface area contributed by atoms with Crippen LogP contribution in [0.1, 0.15) is 40.7 Å². The summed E-state index contributed by atoms with van der Waals surface area (Å²) in [5.74, 6) is -0.963. The molecule has 6 nitrogen and oxygen atoms in total. The minimum absolute atomic E-state index is 0.108. The van der Waals surface area contributed by atoms with E-state index in [1.807, 2.05) is 4.90 Å². The highest BCUT2D eigenvalue weighted by Crippen LogP contribution is 2.32. The number of likely N-dealkylation sites (tertiary alicyclic amines) is 1. The maximum atomic E-state index is 13.6. The van der Waals surface area contributed by atoms with E-state index >= 15 is 0 Å². The topological polar surface area (TPSA) is 47.1 Å². The highest BCUT2D eigenvalue weighted by Gasteiger charge is 2.35. The van der Waals surface area contributed by atoms with Gasteiger partial charge >= 0.3 is 6.18 Å². The van der Waals surface area contributed by atoms with Gasteiger partial charge in [0.25, 0.3) is 5.91 Å². The van der Waals surface area contributed by atoms with Gasteiger partial charge in [0.2, 0.25) is 5.91 Å². The molecule has 0 radical (unpaired) electrons. The van der Waals surface area contributed by atoms with Gasteiger partial charge in [0.05, 0.1) is 5.56 Å². The van der Waals surface area contributed by atoms with Crippen molar-refractivity contribution in [3.05, 3.63) is 70.0 Å². The number of carbonyl (C=O) groups is 2. The normalized spacial score (nSPS) is 18.1. The lowest BCUT2D eigenvalue weighted by atomic mass is 9.93. The zero-order chi connectivity index (χ0) is 28.3. The second-order valence-corrected chi connectivity index (χ2v) is 10.8. The SMILES string of the molecule is CC(=O)N1CCN(C2CN(CC[C@@H](CN(C)C(=O)c3cc(Cl)cc(C(F)(F)F)c3)c3ccc(F)cc3)C2)CC1. The molecule has 2 aromatic carbocycles. The third kappa shape index (κ3) is 7.49. The van der Waals surface area contributed by atoms with Crippen molar-refractivity contribution >= 4 is 23.4 Å². The fraction of sp³-hybridized carbons (Fsp3) is 0.500. The molecular weight excluding hydrogens is 536 g/mol. The van der Waals surface area contributed by atoms with Gasteiger partial charge in [-0.2, -0.15) is 13.2 Å². The van der Waals surface area contributed by atoms with Crippen molar-refractivity contribution in [3.63, 3.8) is 0 Å². The van der Waals surface area contributed by atoms with Gasteiger partial charge in [0, 0.05) is 82.3 Å². The first-order valence-corrected chi connectivity index (χ1v) is 13.4. The first kappa shape index (κ1) is 29.3. The average molecular weight is 569 g/mol. The van der Waals surface area contributed by atoms with E-state index in [-0.39, 0.29) is 34.8 Å². The molecule has 2 aliphatic rings. The van der Waals surface area contributed by atoms with Crippen LogP contribution in [-0.2, 0) is 11.0 Å². The molecule has 0 N–H and O–H groups in total. The molecule has 0 spiro atoms. The van der Waals surface area contributed by atoms with Crippen LogP contribution in [0.4, 0.5) is 17.6 Å². The number of rotatable bonds is 8. The molecule has 2 fully saturated rings. The molecule has 1 atom stereocenters. The van der Waals surface area contributed by atoms with Gasteiger partial charge in [0.15, 0.2) is 0 Å². The molecule has 39 heavy (non-hydrogen) atoms. The Bertz CT molecular complexity index is 1160. The second kappa shape index (κ2) is 12.2. The molecule has 0 aliphatic carbocycles. The predicted octanol–water partition coefficient (Wildman–Crippen LogP) is 4.59. The Balaban J connectivity index is 1.37. The van der Waals surface area contributed by atoms with E-state index in [0.717, 1.165) is 63.5 Å². The third-order valence-electron chi connectivity index (χ3n) is 7.66. The van der Waals surface area contributed by atoms with Crippen LogP contribution in [0.5, 0.6) is 0 Å². The van der Waals surface area contributed by atoms with Gasteiger partial charge in [-0.05, 0) is 48.9 Å². The van der Waals surface area contributed by atoms with Crippen molar-refractivity contribution < 1.29 is 27.2 Å². The Morgan fingerprint density at radius 1 is 1.05 bits per heavy atom. The second-order valence-electron chi connectivity index (χ2n) is 10.4. The molecule has 212 valence electrons. The zero-order valence-electron chi connectivity index (χ0n) is 22.1. The fourth-order valence-corrected chi connectivity index (χ4v) is 5.54. The van der Waals surface area contributed by atoms with Crippen LogP contribution >= 0.6 is 11.6 Å². The smallest absolute Gasteiger partial charge is 0.341 e. The first-order valence-electron chi connectivity index (χ1n) is 13.0. The minimum atomic E-state index is -4.62. The van der Waals surface area contributed by atoms with Crippen molar-refractivity contribution in [2.75, 3.05) is 59.4 Å². The van der Waals surface area contributed by atoms with Crippen LogP contribution in [0.2, 0.25) is 5.02 Å². The largest absolute Gasteiger partial charge is 0.416 e. The van der Waals surface area contributed by atoms with Crippen LogP contribution in [0.3, 0.4) is 0 Å². The lowest BCUT2D eigenvalue weighted by molar-refractivity contribution is -0.137. The van der Waals surface area contributed by atoms with Crippen LogP contribution in [-0.4, -0.2) is 96.9 Å². The number of alkyl halides is 3. The molecule has 2 aliphatic heterocycles. The zero-order valence-corrected chi connectivity index (χ0v) is 22.8. The minimum Gasteiger partial charge on any atom is -0.341 e. The summed E-state index contributed by atoms with van der Waals surface area (Å²) in [4.78, 5) is 32.7. The van der Waals surface area contributed by atoms with E-state index in [0.29, 0.717) is 12.5 Å². The monoisotopic (exact) mass is 568 g/mol. The first-order chi connectivity index (χ1) is 18.4. The van der Waals surface area contributed by atoms with Crippen molar-refractivity contribution in [1.29, 1.82) is 0 Å². The quantitative estimate of drug-likeness (QED) is 0.437. The van der Waals surface area contributed by atoms with Gasteiger partial charge in [-0.25, -0.2) is 4.39 Å². The predicted molar refractivity (Wildman–Crippen MR) is 141 cm³/mol. The summed E-state index contributed by atoms with van der Waals surface area (Å²) in [6.45, 7) is 7.66. The van der Waals surface area contributed by atoms with E-state index in [9.17, 15) is 27.2 Å². The summed E-state index contributed by atoms with van der Waals surface area (Å²) < 4.78 is 53.3.